The van der Waals surface area contributed by atoms with Crippen LogP contribution < -0.4 is 10.6 Å². The van der Waals surface area contributed by atoms with Crippen molar-refractivity contribution in [2.75, 3.05) is 12.4 Å². The maximum Gasteiger partial charge on any atom is 0.373 e. The van der Waals surface area contributed by atoms with E-state index in [1.165, 1.54) is 25.6 Å². The Hall–Kier alpha value is -2.20. The summed E-state index contributed by atoms with van der Waals surface area (Å²) in [6.07, 6.45) is 3.67. The van der Waals surface area contributed by atoms with Crippen molar-refractivity contribution in [3.05, 3.63) is 29.6 Å². The van der Waals surface area contributed by atoms with Crippen molar-refractivity contribution in [3.8, 4) is 0 Å². The van der Waals surface area contributed by atoms with Crippen LogP contribution in [0.4, 0.5) is 10.1 Å². The Kier molecular flexibility index (Phi) is 5.41. The summed E-state index contributed by atoms with van der Waals surface area (Å²) in [4.78, 5) is 27.6. The molecule has 1 aliphatic rings. The van der Waals surface area contributed by atoms with E-state index in [4.69, 9.17) is 9.59 Å². The molecule has 1 aromatic rings. The molecule has 2 N–H and O–H groups in total. The predicted octanol–water partition coefficient (Wildman–Crippen LogP) is 1.96. The third-order valence-electron chi connectivity index (χ3n) is 3.34. The lowest BCUT2D eigenvalue weighted by atomic mass is 9.78. The summed E-state index contributed by atoms with van der Waals surface area (Å²) in [6, 6.07) is 4.64. The monoisotopic (exact) mass is 280 g/mol. The fraction of sp³-hybridized carbons (Fsp3) is 0.429. The van der Waals surface area contributed by atoms with Crippen LogP contribution in [0.1, 0.15) is 36.5 Å². The number of halogens is 1. The van der Waals surface area contributed by atoms with Gasteiger partial charge in [0.1, 0.15) is 5.82 Å². The summed E-state index contributed by atoms with van der Waals surface area (Å²) in [5, 5.41) is 5.72. The molecule has 1 aliphatic carbocycles. The van der Waals surface area contributed by atoms with Crippen molar-refractivity contribution in [2.45, 2.75) is 31.7 Å². The van der Waals surface area contributed by atoms with Crippen LogP contribution in [-0.4, -0.2) is 24.6 Å². The van der Waals surface area contributed by atoms with Gasteiger partial charge in [-0.25, -0.2) is 4.39 Å². The number of amides is 1. The maximum absolute atomic E-state index is 13.7. The van der Waals surface area contributed by atoms with E-state index in [1.54, 1.807) is 6.07 Å². The second-order valence-electron chi connectivity index (χ2n) is 4.90. The first-order valence-corrected chi connectivity index (χ1v) is 6.25. The van der Waals surface area contributed by atoms with Gasteiger partial charge < -0.3 is 10.6 Å². The first-order chi connectivity index (χ1) is 9.45. The molecular weight excluding hydrogens is 263 g/mol. The van der Waals surface area contributed by atoms with E-state index in [1.807, 2.05) is 0 Å². The molecule has 20 heavy (non-hydrogen) atoms. The molecule has 0 aliphatic heterocycles. The second kappa shape index (κ2) is 6.82. The van der Waals surface area contributed by atoms with Gasteiger partial charge in [0.25, 0.3) is 5.91 Å². The van der Waals surface area contributed by atoms with E-state index in [-0.39, 0.29) is 17.3 Å². The lowest BCUT2D eigenvalue weighted by molar-refractivity contribution is -0.191. The molecule has 1 fully saturated rings. The molecule has 0 unspecified atom stereocenters. The van der Waals surface area contributed by atoms with E-state index in [2.05, 4.69) is 17.6 Å². The Morgan fingerprint density at radius 1 is 1.35 bits per heavy atom. The standard InChI is InChI=1S/C13H17FN2O.CO2/c1-13(6-3-7-13)16-9-4-5-10(11(14)8-9)12(17)15-2;2-1-3/h4-5,8,16H,3,6-7H2,1-2H3,(H,15,17);. The molecule has 1 saturated carbocycles. The number of carbonyl (C=O) groups is 1. The molecule has 1 aromatic carbocycles. The molecule has 0 atom stereocenters. The van der Waals surface area contributed by atoms with E-state index in [0.717, 1.165) is 18.5 Å². The zero-order valence-electron chi connectivity index (χ0n) is 11.5. The molecule has 0 spiro atoms. The third-order valence-corrected chi connectivity index (χ3v) is 3.34. The maximum atomic E-state index is 13.7. The first kappa shape index (κ1) is 15.9. The third kappa shape index (κ3) is 3.90. The molecule has 0 saturated heterocycles. The fourth-order valence-electron chi connectivity index (χ4n) is 2.09. The number of carbonyl (C=O) groups excluding carboxylic acids is 3. The van der Waals surface area contributed by atoms with Gasteiger partial charge in [0.15, 0.2) is 0 Å². The Morgan fingerprint density at radius 3 is 2.35 bits per heavy atom. The summed E-state index contributed by atoms with van der Waals surface area (Å²) in [5.41, 5.74) is 0.898. The van der Waals surface area contributed by atoms with Gasteiger partial charge in [-0.2, -0.15) is 9.59 Å². The Balaban J connectivity index is 0.000000612. The van der Waals surface area contributed by atoms with Crippen molar-refractivity contribution >= 4 is 17.7 Å². The van der Waals surface area contributed by atoms with E-state index < -0.39 is 11.7 Å². The van der Waals surface area contributed by atoms with E-state index in [0.29, 0.717) is 0 Å². The van der Waals surface area contributed by atoms with Gasteiger partial charge in [0.2, 0.25) is 0 Å². The van der Waals surface area contributed by atoms with Crippen LogP contribution in [0, 0.1) is 5.82 Å². The zero-order valence-corrected chi connectivity index (χ0v) is 11.5. The molecule has 5 nitrogen and oxygen atoms in total. The van der Waals surface area contributed by atoms with Crippen molar-refractivity contribution in [1.29, 1.82) is 0 Å². The van der Waals surface area contributed by atoms with Crippen molar-refractivity contribution < 1.29 is 18.8 Å². The van der Waals surface area contributed by atoms with Gasteiger partial charge in [-0.05, 0) is 44.4 Å². The minimum absolute atomic E-state index is 0.0804. The number of benzene rings is 1. The highest BCUT2D eigenvalue weighted by Gasteiger charge is 2.31. The molecule has 2 rings (SSSR count). The van der Waals surface area contributed by atoms with Gasteiger partial charge in [0.05, 0.1) is 5.56 Å². The minimum Gasteiger partial charge on any atom is -0.380 e. The summed E-state index contributed by atoms with van der Waals surface area (Å²) in [5.74, 6) is -0.888. The second-order valence-corrected chi connectivity index (χ2v) is 4.90. The average molecular weight is 280 g/mol. The smallest absolute Gasteiger partial charge is 0.373 e. The molecule has 6 heteroatoms. The van der Waals surface area contributed by atoms with E-state index in [9.17, 15) is 9.18 Å². The molecule has 108 valence electrons. The van der Waals surface area contributed by atoms with Crippen molar-refractivity contribution in [2.24, 2.45) is 0 Å². The van der Waals surface area contributed by atoms with Crippen molar-refractivity contribution in [1.82, 2.24) is 5.32 Å². The Labute approximate surface area is 116 Å². The van der Waals surface area contributed by atoms with Crippen LogP contribution in [0.2, 0.25) is 0 Å². The molecule has 0 heterocycles. The highest BCUT2D eigenvalue weighted by Crippen LogP contribution is 2.34. The average Bonchev–Trinajstić information content (AvgIpc) is 2.37. The summed E-state index contributed by atoms with van der Waals surface area (Å²) in [6.45, 7) is 2.13. The number of rotatable bonds is 3. The molecular formula is C14H17FN2O3. The lowest BCUT2D eigenvalue weighted by Gasteiger charge is -2.40. The first-order valence-electron chi connectivity index (χ1n) is 6.25. The van der Waals surface area contributed by atoms with Gasteiger partial charge in [-0.1, -0.05) is 0 Å². The zero-order chi connectivity index (χ0) is 15.2. The Bertz CT molecular complexity index is 521. The molecule has 0 aromatic heterocycles. The summed E-state index contributed by atoms with van der Waals surface area (Å²) >= 11 is 0. The number of nitrogens with one attached hydrogen (secondary N) is 2. The van der Waals surface area contributed by atoms with Crippen LogP contribution in [-0.2, 0) is 9.59 Å². The summed E-state index contributed by atoms with van der Waals surface area (Å²) in [7, 11) is 1.49. The normalized spacial score (nSPS) is 14.9. The van der Waals surface area contributed by atoms with Crippen LogP contribution in [0.15, 0.2) is 18.2 Å². The summed E-state index contributed by atoms with van der Waals surface area (Å²) < 4.78 is 13.7. The van der Waals surface area contributed by atoms with Gasteiger partial charge in [0, 0.05) is 18.3 Å². The van der Waals surface area contributed by atoms with Gasteiger partial charge >= 0.3 is 6.15 Å². The highest BCUT2D eigenvalue weighted by molar-refractivity contribution is 5.94. The molecule has 0 radical (unpaired) electrons. The van der Waals surface area contributed by atoms with Gasteiger partial charge in [-0.3, -0.25) is 4.79 Å². The van der Waals surface area contributed by atoms with E-state index >= 15 is 0 Å². The van der Waals surface area contributed by atoms with Crippen LogP contribution in [0.25, 0.3) is 0 Å². The van der Waals surface area contributed by atoms with Crippen LogP contribution in [0.3, 0.4) is 0 Å². The SMILES string of the molecule is CNC(=O)c1ccc(NC2(C)CCC2)cc1F.O=C=O. The number of anilines is 1. The van der Waals surface area contributed by atoms with Crippen LogP contribution >= 0.6 is 0 Å². The van der Waals surface area contributed by atoms with Gasteiger partial charge in [-0.15, -0.1) is 0 Å². The predicted molar refractivity (Wildman–Crippen MR) is 70.7 cm³/mol. The quantitative estimate of drug-likeness (QED) is 0.887. The lowest BCUT2D eigenvalue weighted by Crippen LogP contribution is -2.41. The molecule has 0 bridgehead atoms. The topological polar surface area (TPSA) is 75.3 Å². The number of hydrogen-bond donors (Lipinski definition) is 2. The minimum atomic E-state index is -0.489. The fourth-order valence-corrected chi connectivity index (χ4v) is 2.09. The number of hydrogen-bond acceptors (Lipinski definition) is 4. The van der Waals surface area contributed by atoms with Crippen molar-refractivity contribution in [3.63, 3.8) is 0 Å². The van der Waals surface area contributed by atoms with Crippen LogP contribution in [0.5, 0.6) is 0 Å². The largest absolute Gasteiger partial charge is 0.380 e. The molecule has 1 amide bonds. The Morgan fingerprint density at radius 2 is 1.95 bits per heavy atom. The highest BCUT2D eigenvalue weighted by atomic mass is 19.1.